The number of fused-ring (bicyclic) bond motifs is 1. The molecule has 2 heteroatoms. The van der Waals surface area contributed by atoms with E-state index in [9.17, 15) is 4.79 Å². The van der Waals surface area contributed by atoms with Crippen LogP contribution in [-0.2, 0) is 4.79 Å². The van der Waals surface area contributed by atoms with E-state index in [4.69, 9.17) is 5.11 Å². The molecule has 0 aromatic heterocycles. The Morgan fingerprint density at radius 3 is 1.93 bits per heavy atom. The number of hydrogen-bond acceptors (Lipinski definition) is 1. The molecule has 0 spiro atoms. The van der Waals surface area contributed by atoms with E-state index in [0.29, 0.717) is 0 Å². The monoisotopic (exact) mass is 190 g/mol. The molecule has 0 fully saturated rings. The lowest BCUT2D eigenvalue weighted by Crippen LogP contribution is -2.19. The molecule has 2 rings (SSSR count). The maximum Gasteiger partial charge on any atom is 0.307 e. The minimum absolute atomic E-state index is 0.138. The summed E-state index contributed by atoms with van der Waals surface area (Å²) in [6.07, 6.45) is 0. The van der Waals surface area contributed by atoms with Crippen LogP contribution >= 0.6 is 0 Å². The predicted octanol–water partition coefficient (Wildman–Crippen LogP) is 2.61. The number of carboxylic acids is 1. The minimum atomic E-state index is -0.679. The van der Waals surface area contributed by atoms with Gasteiger partial charge in [0.05, 0.1) is 5.92 Å². The Kier molecular flexibility index (Phi) is 2.06. The van der Waals surface area contributed by atoms with Crippen molar-refractivity contribution >= 4 is 5.97 Å². The molecule has 0 aliphatic heterocycles. The summed E-state index contributed by atoms with van der Waals surface area (Å²) in [7, 11) is 0. The van der Waals surface area contributed by atoms with E-state index >= 15 is 0 Å². The lowest BCUT2D eigenvalue weighted by Gasteiger charge is -2.14. The molecule has 0 bridgehead atoms. The van der Waals surface area contributed by atoms with Crippen LogP contribution in [0.1, 0.15) is 36.8 Å². The van der Waals surface area contributed by atoms with Gasteiger partial charge in [-0.15, -0.1) is 0 Å². The molecule has 2 nitrogen and oxygen atoms in total. The highest BCUT2D eigenvalue weighted by atomic mass is 16.4. The third-order valence-electron chi connectivity index (χ3n) is 3.34. The van der Waals surface area contributed by atoms with Crippen molar-refractivity contribution in [3.63, 3.8) is 0 Å². The van der Waals surface area contributed by atoms with Gasteiger partial charge in [0.15, 0.2) is 0 Å². The largest absolute Gasteiger partial charge is 0.481 e. The van der Waals surface area contributed by atoms with Gasteiger partial charge >= 0.3 is 5.97 Å². The van der Waals surface area contributed by atoms with Crippen molar-refractivity contribution in [3.05, 3.63) is 35.4 Å². The zero-order chi connectivity index (χ0) is 10.3. The molecule has 0 amide bonds. The second-order valence-corrected chi connectivity index (χ2v) is 4.07. The van der Waals surface area contributed by atoms with Gasteiger partial charge in [-0.2, -0.15) is 0 Å². The van der Waals surface area contributed by atoms with Crippen molar-refractivity contribution in [2.75, 3.05) is 0 Å². The summed E-state index contributed by atoms with van der Waals surface area (Å²) in [5, 5.41) is 9.13. The summed E-state index contributed by atoms with van der Waals surface area (Å²) in [5.41, 5.74) is 2.40. The van der Waals surface area contributed by atoms with Crippen molar-refractivity contribution < 1.29 is 9.90 Å². The number of hydrogen-bond donors (Lipinski definition) is 1. The van der Waals surface area contributed by atoms with Crippen LogP contribution in [0.3, 0.4) is 0 Å². The van der Waals surface area contributed by atoms with Gasteiger partial charge < -0.3 is 5.11 Å². The first kappa shape index (κ1) is 9.25. The highest BCUT2D eigenvalue weighted by Crippen LogP contribution is 2.45. The Balaban J connectivity index is 2.48. The van der Waals surface area contributed by atoms with E-state index in [-0.39, 0.29) is 17.8 Å². The molecule has 74 valence electrons. The molecule has 14 heavy (non-hydrogen) atoms. The highest BCUT2D eigenvalue weighted by Gasteiger charge is 2.39. The van der Waals surface area contributed by atoms with Crippen LogP contribution in [-0.4, -0.2) is 11.1 Å². The van der Waals surface area contributed by atoms with Gasteiger partial charge in [-0.3, -0.25) is 4.79 Å². The molecule has 3 atom stereocenters. The van der Waals surface area contributed by atoms with E-state index in [0.717, 1.165) is 0 Å². The molecule has 0 radical (unpaired) electrons. The minimum Gasteiger partial charge on any atom is -0.481 e. The van der Waals surface area contributed by atoms with Gasteiger partial charge in [-0.1, -0.05) is 38.1 Å². The third kappa shape index (κ3) is 1.14. The molecule has 0 saturated heterocycles. The van der Waals surface area contributed by atoms with Crippen molar-refractivity contribution in [2.45, 2.75) is 25.7 Å². The zero-order valence-electron chi connectivity index (χ0n) is 8.40. The van der Waals surface area contributed by atoms with Gasteiger partial charge in [0, 0.05) is 0 Å². The Morgan fingerprint density at radius 1 is 1.14 bits per heavy atom. The number of carbonyl (C=O) groups is 1. The number of rotatable bonds is 1. The van der Waals surface area contributed by atoms with Crippen LogP contribution in [0, 0.1) is 5.92 Å². The SMILES string of the molecule is CC1c2ccccc2[C@H](C)[C@H]1C(=O)O. The van der Waals surface area contributed by atoms with Crippen LogP contribution < -0.4 is 0 Å². The van der Waals surface area contributed by atoms with Crippen molar-refractivity contribution in [1.82, 2.24) is 0 Å². The fourth-order valence-electron chi connectivity index (χ4n) is 2.59. The number of benzene rings is 1. The van der Waals surface area contributed by atoms with Gasteiger partial charge in [0.2, 0.25) is 0 Å². The molecule has 0 heterocycles. The van der Waals surface area contributed by atoms with Crippen LogP contribution in [0.4, 0.5) is 0 Å². The molecule has 0 saturated carbocycles. The summed E-state index contributed by atoms with van der Waals surface area (Å²) in [6.45, 7) is 4.00. The second-order valence-electron chi connectivity index (χ2n) is 4.07. The maximum absolute atomic E-state index is 11.1. The predicted molar refractivity (Wildman–Crippen MR) is 54.4 cm³/mol. The van der Waals surface area contributed by atoms with Crippen LogP contribution in [0.15, 0.2) is 24.3 Å². The van der Waals surface area contributed by atoms with E-state index in [1.54, 1.807) is 0 Å². The van der Waals surface area contributed by atoms with Crippen molar-refractivity contribution in [2.24, 2.45) is 5.92 Å². The van der Waals surface area contributed by atoms with Crippen molar-refractivity contribution in [3.8, 4) is 0 Å². The fourth-order valence-corrected chi connectivity index (χ4v) is 2.59. The Labute approximate surface area is 83.6 Å². The van der Waals surface area contributed by atoms with Gasteiger partial charge in [-0.05, 0) is 23.0 Å². The molecule has 1 unspecified atom stereocenters. The summed E-state index contributed by atoms with van der Waals surface area (Å²) >= 11 is 0. The van der Waals surface area contributed by atoms with Crippen LogP contribution in [0.25, 0.3) is 0 Å². The molecular weight excluding hydrogens is 176 g/mol. The fraction of sp³-hybridized carbons (Fsp3) is 0.417. The first-order valence-electron chi connectivity index (χ1n) is 4.94. The number of carboxylic acid groups (broad SMARTS) is 1. The summed E-state index contributed by atoms with van der Waals surface area (Å²) < 4.78 is 0. The molecule has 1 aliphatic carbocycles. The second kappa shape index (κ2) is 3.12. The summed E-state index contributed by atoms with van der Waals surface area (Å²) in [4.78, 5) is 11.1. The van der Waals surface area contributed by atoms with Crippen LogP contribution in [0.2, 0.25) is 0 Å². The van der Waals surface area contributed by atoms with E-state index in [1.807, 2.05) is 38.1 Å². The topological polar surface area (TPSA) is 37.3 Å². The third-order valence-corrected chi connectivity index (χ3v) is 3.34. The normalized spacial score (nSPS) is 30.0. The average Bonchev–Trinajstić information content (AvgIpc) is 2.41. The van der Waals surface area contributed by atoms with E-state index in [2.05, 4.69) is 0 Å². The molecule has 1 aromatic carbocycles. The van der Waals surface area contributed by atoms with E-state index in [1.165, 1.54) is 11.1 Å². The van der Waals surface area contributed by atoms with Gasteiger partial charge in [0.25, 0.3) is 0 Å². The Hall–Kier alpha value is -1.31. The molecule has 1 aliphatic rings. The molecule has 1 aromatic rings. The smallest absolute Gasteiger partial charge is 0.307 e. The Morgan fingerprint density at radius 2 is 1.57 bits per heavy atom. The molecule has 1 N–H and O–H groups in total. The summed E-state index contributed by atoms with van der Waals surface area (Å²) in [5.74, 6) is -0.661. The molecular formula is C12H14O2. The van der Waals surface area contributed by atoms with Gasteiger partial charge in [0.1, 0.15) is 0 Å². The van der Waals surface area contributed by atoms with Crippen LogP contribution in [0.5, 0.6) is 0 Å². The Bertz CT molecular complexity index is 341. The van der Waals surface area contributed by atoms with Crippen molar-refractivity contribution in [1.29, 1.82) is 0 Å². The first-order chi connectivity index (χ1) is 6.63. The highest BCUT2D eigenvalue weighted by molar-refractivity contribution is 5.74. The van der Waals surface area contributed by atoms with Gasteiger partial charge in [-0.25, -0.2) is 0 Å². The zero-order valence-corrected chi connectivity index (χ0v) is 8.40. The van der Waals surface area contributed by atoms with E-state index < -0.39 is 5.97 Å². The lowest BCUT2D eigenvalue weighted by molar-refractivity contribution is -0.142. The first-order valence-corrected chi connectivity index (χ1v) is 4.94. The quantitative estimate of drug-likeness (QED) is 0.739. The average molecular weight is 190 g/mol. The maximum atomic E-state index is 11.1. The summed E-state index contributed by atoms with van der Waals surface area (Å²) in [6, 6.07) is 8.04. The number of aliphatic carboxylic acids is 1. The standard InChI is InChI=1S/C12H14O2/c1-7-9-5-3-4-6-10(9)8(2)11(7)12(13)14/h3-8,11H,1-2H3,(H,13,14)/t7-,8?,11+/m0/s1. The lowest BCUT2D eigenvalue weighted by atomic mass is 9.89.